The topological polar surface area (TPSA) is 0 Å². The van der Waals surface area contributed by atoms with Crippen molar-refractivity contribution in [2.75, 3.05) is 0 Å². The fourth-order valence-corrected chi connectivity index (χ4v) is 2.59. The van der Waals surface area contributed by atoms with Gasteiger partial charge in [0.25, 0.3) is 0 Å². The quantitative estimate of drug-likeness (QED) is 0.575. The molecular weight excluding hydrogens is 168 g/mol. The summed E-state index contributed by atoms with van der Waals surface area (Å²) in [6.07, 6.45) is 5.80. The van der Waals surface area contributed by atoms with Crippen LogP contribution in [0, 0.1) is 29.6 Å². The van der Waals surface area contributed by atoms with Crippen molar-refractivity contribution in [3.05, 3.63) is 0 Å². The Balaban J connectivity index is 2.28. The van der Waals surface area contributed by atoms with Crippen LogP contribution < -0.4 is 0 Å². The Kier molecular flexibility index (Phi) is 4.47. The minimum absolute atomic E-state index is 0.899. The molecule has 0 aromatic carbocycles. The van der Waals surface area contributed by atoms with Gasteiger partial charge in [-0.3, -0.25) is 0 Å². The van der Waals surface area contributed by atoms with Crippen molar-refractivity contribution in [2.45, 2.75) is 60.3 Å². The van der Waals surface area contributed by atoms with Crippen molar-refractivity contribution in [1.82, 2.24) is 0 Å². The molecule has 0 aromatic rings. The predicted octanol–water partition coefficient (Wildman–Crippen LogP) is 4.74. The van der Waals surface area contributed by atoms with E-state index in [1.807, 2.05) is 0 Å². The van der Waals surface area contributed by atoms with Gasteiger partial charge >= 0.3 is 0 Å². The summed E-state index contributed by atoms with van der Waals surface area (Å²) >= 11 is 0. The molecule has 0 bridgehead atoms. The molecule has 0 spiro atoms. The Labute approximate surface area is 90.5 Å². The van der Waals surface area contributed by atoms with E-state index in [1.54, 1.807) is 0 Å². The zero-order chi connectivity index (χ0) is 10.7. The molecule has 84 valence electrons. The second kappa shape index (κ2) is 5.19. The maximum atomic E-state index is 2.46. The molecule has 0 nitrogen and oxygen atoms in total. The number of hydrogen-bond acceptors (Lipinski definition) is 0. The molecule has 0 radical (unpaired) electrons. The third-order valence-electron chi connectivity index (χ3n) is 4.61. The fraction of sp³-hybridized carbons (Fsp3) is 1.00. The second-order valence-corrected chi connectivity index (χ2v) is 5.77. The van der Waals surface area contributed by atoms with Crippen molar-refractivity contribution < 1.29 is 0 Å². The second-order valence-electron chi connectivity index (χ2n) is 5.77. The largest absolute Gasteiger partial charge is 0.0651 e. The molecule has 0 heteroatoms. The van der Waals surface area contributed by atoms with Crippen LogP contribution in [0.15, 0.2) is 0 Å². The van der Waals surface area contributed by atoms with E-state index in [0.717, 1.165) is 29.6 Å². The van der Waals surface area contributed by atoms with Crippen LogP contribution >= 0.6 is 0 Å². The molecule has 4 unspecified atom stereocenters. The van der Waals surface area contributed by atoms with Crippen LogP contribution in [0.1, 0.15) is 60.3 Å². The summed E-state index contributed by atoms with van der Waals surface area (Å²) in [6, 6.07) is 0. The van der Waals surface area contributed by atoms with Crippen molar-refractivity contribution in [2.24, 2.45) is 29.6 Å². The van der Waals surface area contributed by atoms with Gasteiger partial charge in [0.1, 0.15) is 0 Å². The lowest BCUT2D eigenvalue weighted by molar-refractivity contribution is 0.228. The first kappa shape index (κ1) is 12.1. The van der Waals surface area contributed by atoms with Gasteiger partial charge < -0.3 is 0 Å². The van der Waals surface area contributed by atoms with Crippen LogP contribution in [-0.4, -0.2) is 0 Å². The van der Waals surface area contributed by atoms with Gasteiger partial charge in [0.2, 0.25) is 0 Å². The van der Waals surface area contributed by atoms with E-state index in [2.05, 4.69) is 34.6 Å². The molecule has 1 fully saturated rings. The Morgan fingerprint density at radius 1 is 1.00 bits per heavy atom. The van der Waals surface area contributed by atoms with Gasteiger partial charge in [-0.2, -0.15) is 0 Å². The zero-order valence-corrected chi connectivity index (χ0v) is 10.7. The van der Waals surface area contributed by atoms with Crippen LogP contribution in [0.25, 0.3) is 0 Å². The van der Waals surface area contributed by atoms with E-state index < -0.39 is 0 Å². The normalized spacial score (nSPS) is 25.5. The minimum atomic E-state index is 0.899. The highest BCUT2D eigenvalue weighted by Gasteiger charge is 2.30. The van der Waals surface area contributed by atoms with Crippen LogP contribution in [0.5, 0.6) is 0 Å². The number of rotatable bonds is 6. The van der Waals surface area contributed by atoms with Gasteiger partial charge in [0.15, 0.2) is 0 Å². The van der Waals surface area contributed by atoms with Gasteiger partial charge in [-0.1, -0.05) is 41.0 Å². The van der Waals surface area contributed by atoms with E-state index in [1.165, 1.54) is 25.7 Å². The molecule has 1 aliphatic rings. The van der Waals surface area contributed by atoms with Crippen molar-refractivity contribution in [3.63, 3.8) is 0 Å². The van der Waals surface area contributed by atoms with E-state index in [-0.39, 0.29) is 0 Å². The molecule has 1 saturated carbocycles. The van der Waals surface area contributed by atoms with Crippen molar-refractivity contribution >= 4 is 0 Å². The zero-order valence-electron chi connectivity index (χ0n) is 10.7. The molecule has 4 atom stereocenters. The predicted molar refractivity (Wildman–Crippen MR) is 64.3 cm³/mol. The first-order valence-corrected chi connectivity index (χ1v) is 6.56. The lowest BCUT2D eigenvalue weighted by atomic mass is 9.78. The summed E-state index contributed by atoms with van der Waals surface area (Å²) in [4.78, 5) is 0. The highest BCUT2D eigenvalue weighted by atomic mass is 14.4. The summed E-state index contributed by atoms with van der Waals surface area (Å²) in [5.41, 5.74) is 0. The van der Waals surface area contributed by atoms with Crippen LogP contribution in [0.3, 0.4) is 0 Å². The summed E-state index contributed by atoms with van der Waals surface area (Å²) in [7, 11) is 0. The van der Waals surface area contributed by atoms with Crippen LogP contribution in [0.4, 0.5) is 0 Å². The SMILES string of the molecule is CCC(C)C(C)C(C)CC(C)C1CC1. The van der Waals surface area contributed by atoms with Crippen LogP contribution in [0.2, 0.25) is 0 Å². The van der Waals surface area contributed by atoms with Gasteiger partial charge in [-0.05, 0) is 48.9 Å². The molecule has 0 N–H and O–H groups in total. The molecule has 0 heterocycles. The van der Waals surface area contributed by atoms with Gasteiger partial charge in [-0.25, -0.2) is 0 Å². The number of hydrogen-bond donors (Lipinski definition) is 0. The third kappa shape index (κ3) is 3.29. The fourth-order valence-electron chi connectivity index (χ4n) is 2.59. The maximum Gasteiger partial charge on any atom is -0.0388 e. The highest BCUT2D eigenvalue weighted by molar-refractivity contribution is 4.81. The Hall–Kier alpha value is 0. The molecule has 0 amide bonds. The first-order chi connectivity index (χ1) is 6.56. The Morgan fingerprint density at radius 2 is 1.57 bits per heavy atom. The molecule has 0 aliphatic heterocycles. The average Bonchev–Trinajstić information content (AvgIpc) is 2.98. The standard InChI is InChI=1S/C14H28/c1-6-10(2)13(5)11(3)9-12(4)14-7-8-14/h10-14H,6-9H2,1-5H3. The van der Waals surface area contributed by atoms with E-state index >= 15 is 0 Å². The molecule has 1 aliphatic carbocycles. The Morgan fingerprint density at radius 3 is 2.00 bits per heavy atom. The van der Waals surface area contributed by atoms with E-state index in [4.69, 9.17) is 0 Å². The molecule has 1 rings (SSSR count). The van der Waals surface area contributed by atoms with E-state index in [9.17, 15) is 0 Å². The molecule has 0 saturated heterocycles. The summed E-state index contributed by atoms with van der Waals surface area (Å²) in [5.74, 6) is 4.79. The average molecular weight is 196 g/mol. The van der Waals surface area contributed by atoms with Crippen LogP contribution in [-0.2, 0) is 0 Å². The lowest BCUT2D eigenvalue weighted by Crippen LogP contribution is -2.18. The molecule has 0 aromatic heterocycles. The summed E-state index contributed by atoms with van der Waals surface area (Å²) in [5, 5.41) is 0. The molecular formula is C14H28. The highest BCUT2D eigenvalue weighted by Crippen LogP contribution is 2.41. The van der Waals surface area contributed by atoms with Gasteiger partial charge in [0.05, 0.1) is 0 Å². The minimum Gasteiger partial charge on any atom is -0.0651 e. The van der Waals surface area contributed by atoms with E-state index in [0.29, 0.717) is 0 Å². The Bertz CT molecular complexity index is 157. The van der Waals surface area contributed by atoms with Gasteiger partial charge in [-0.15, -0.1) is 0 Å². The summed E-state index contributed by atoms with van der Waals surface area (Å²) in [6.45, 7) is 12.1. The van der Waals surface area contributed by atoms with Gasteiger partial charge in [0, 0.05) is 0 Å². The lowest BCUT2D eigenvalue weighted by Gasteiger charge is -2.27. The first-order valence-electron chi connectivity index (χ1n) is 6.56. The maximum absolute atomic E-state index is 2.46. The monoisotopic (exact) mass is 196 g/mol. The van der Waals surface area contributed by atoms with Crippen molar-refractivity contribution in [1.29, 1.82) is 0 Å². The molecule has 14 heavy (non-hydrogen) atoms. The van der Waals surface area contributed by atoms with Crippen molar-refractivity contribution in [3.8, 4) is 0 Å². The third-order valence-corrected chi connectivity index (χ3v) is 4.61. The smallest absolute Gasteiger partial charge is 0.0388 e. The summed E-state index contributed by atoms with van der Waals surface area (Å²) < 4.78 is 0.